The highest BCUT2D eigenvalue weighted by Gasteiger charge is 2.29. The minimum absolute atomic E-state index is 0.0559. The standard InChI is InChI=1S/C18H12ClNO3/c1-11-8-14(22-7-6-20)10-15-17(11)18(21)16(23-15)9-12-2-4-13(19)5-3-12/h2-5,8-10H,7H2,1H3/b16-9-. The first-order valence-electron chi connectivity index (χ1n) is 6.92. The minimum atomic E-state index is -0.167. The van der Waals surface area contributed by atoms with Gasteiger partial charge in [0.1, 0.15) is 17.6 Å². The van der Waals surface area contributed by atoms with E-state index in [1.165, 1.54) is 0 Å². The number of ketones is 1. The van der Waals surface area contributed by atoms with Crippen LogP contribution in [0.25, 0.3) is 6.08 Å². The Labute approximate surface area is 138 Å². The monoisotopic (exact) mass is 325 g/mol. The van der Waals surface area contributed by atoms with Crippen molar-refractivity contribution in [1.82, 2.24) is 0 Å². The van der Waals surface area contributed by atoms with Crippen molar-refractivity contribution in [3.05, 3.63) is 63.9 Å². The second-order valence-corrected chi connectivity index (χ2v) is 5.49. The van der Waals surface area contributed by atoms with Crippen LogP contribution in [-0.2, 0) is 0 Å². The van der Waals surface area contributed by atoms with Gasteiger partial charge in [0.25, 0.3) is 0 Å². The fourth-order valence-corrected chi connectivity index (χ4v) is 2.51. The lowest BCUT2D eigenvalue weighted by Gasteiger charge is -2.06. The molecule has 2 aromatic rings. The van der Waals surface area contributed by atoms with Gasteiger partial charge in [0.2, 0.25) is 5.78 Å². The second-order valence-electron chi connectivity index (χ2n) is 5.05. The Hall–Kier alpha value is -2.77. The molecule has 1 aliphatic heterocycles. The van der Waals surface area contributed by atoms with Crippen LogP contribution in [0.5, 0.6) is 11.5 Å². The highest BCUT2D eigenvalue weighted by Crippen LogP contribution is 2.37. The average Bonchev–Trinajstić information content (AvgIpc) is 2.84. The normalized spacial score (nSPS) is 14.3. The van der Waals surface area contributed by atoms with Crippen molar-refractivity contribution in [3.8, 4) is 17.6 Å². The summed E-state index contributed by atoms with van der Waals surface area (Å²) in [5.74, 6) is 1.04. The molecule has 0 spiro atoms. The molecule has 0 N–H and O–H groups in total. The third-order valence-corrected chi connectivity index (χ3v) is 3.67. The lowest BCUT2D eigenvalue weighted by molar-refractivity contribution is 0.101. The third-order valence-electron chi connectivity index (χ3n) is 3.41. The van der Waals surface area contributed by atoms with Gasteiger partial charge in [-0.05, 0) is 42.3 Å². The van der Waals surface area contributed by atoms with Crippen LogP contribution < -0.4 is 9.47 Å². The molecule has 0 saturated heterocycles. The zero-order valence-corrected chi connectivity index (χ0v) is 13.1. The first-order valence-corrected chi connectivity index (χ1v) is 7.30. The molecule has 0 saturated carbocycles. The molecule has 0 aromatic heterocycles. The molecule has 1 aliphatic rings. The fourth-order valence-electron chi connectivity index (χ4n) is 2.39. The predicted molar refractivity (Wildman–Crippen MR) is 86.7 cm³/mol. The molecule has 0 aliphatic carbocycles. The molecule has 1 heterocycles. The molecule has 0 fully saturated rings. The second kappa shape index (κ2) is 6.15. The molecule has 23 heavy (non-hydrogen) atoms. The molecular formula is C18H12ClNO3. The van der Waals surface area contributed by atoms with Gasteiger partial charge in [-0.25, -0.2) is 0 Å². The number of ether oxygens (including phenoxy) is 2. The van der Waals surface area contributed by atoms with Crippen LogP contribution in [0.1, 0.15) is 21.5 Å². The van der Waals surface area contributed by atoms with Crippen LogP contribution in [0.4, 0.5) is 0 Å². The highest BCUT2D eigenvalue weighted by molar-refractivity contribution is 6.30. The van der Waals surface area contributed by atoms with Crippen molar-refractivity contribution < 1.29 is 14.3 Å². The Balaban J connectivity index is 1.93. The molecule has 4 nitrogen and oxygen atoms in total. The first-order chi connectivity index (χ1) is 11.1. The van der Waals surface area contributed by atoms with Crippen LogP contribution in [0.2, 0.25) is 5.02 Å². The Bertz CT molecular complexity index is 848. The maximum Gasteiger partial charge on any atom is 0.232 e. The number of fused-ring (bicyclic) bond motifs is 1. The van der Waals surface area contributed by atoms with Crippen molar-refractivity contribution in [3.63, 3.8) is 0 Å². The molecule has 0 bridgehead atoms. The molecule has 0 amide bonds. The van der Waals surface area contributed by atoms with Crippen LogP contribution in [-0.4, -0.2) is 12.4 Å². The number of Topliss-reactive ketones (excluding diaryl/α,β-unsaturated/α-hetero) is 1. The minimum Gasteiger partial charge on any atom is -0.479 e. The lowest BCUT2D eigenvalue weighted by atomic mass is 10.0. The summed E-state index contributed by atoms with van der Waals surface area (Å²) in [4.78, 5) is 12.5. The van der Waals surface area contributed by atoms with E-state index in [4.69, 9.17) is 26.3 Å². The number of carbonyl (C=O) groups is 1. The van der Waals surface area contributed by atoms with E-state index in [-0.39, 0.29) is 18.1 Å². The van der Waals surface area contributed by atoms with E-state index in [1.807, 2.05) is 25.1 Å². The molecule has 2 aromatic carbocycles. The topological polar surface area (TPSA) is 59.3 Å². The van der Waals surface area contributed by atoms with E-state index < -0.39 is 0 Å². The highest BCUT2D eigenvalue weighted by atomic mass is 35.5. The number of nitrogens with zero attached hydrogens (tertiary/aromatic N) is 1. The van der Waals surface area contributed by atoms with E-state index in [9.17, 15) is 4.79 Å². The van der Waals surface area contributed by atoms with Gasteiger partial charge in [0, 0.05) is 11.1 Å². The summed E-state index contributed by atoms with van der Waals surface area (Å²) in [7, 11) is 0. The maximum atomic E-state index is 12.5. The third kappa shape index (κ3) is 3.05. The summed E-state index contributed by atoms with van der Waals surface area (Å²) in [5, 5.41) is 9.21. The smallest absolute Gasteiger partial charge is 0.232 e. The van der Waals surface area contributed by atoms with Gasteiger partial charge in [-0.3, -0.25) is 4.79 Å². The molecule has 3 rings (SSSR count). The Morgan fingerprint density at radius 2 is 2.04 bits per heavy atom. The van der Waals surface area contributed by atoms with Crippen LogP contribution >= 0.6 is 11.6 Å². The molecule has 5 heteroatoms. The number of hydrogen-bond acceptors (Lipinski definition) is 4. The van der Waals surface area contributed by atoms with Crippen molar-refractivity contribution in [2.75, 3.05) is 6.61 Å². The fraction of sp³-hybridized carbons (Fsp3) is 0.111. The number of allylic oxidation sites excluding steroid dienone is 1. The van der Waals surface area contributed by atoms with Gasteiger partial charge in [-0.2, -0.15) is 5.26 Å². The van der Waals surface area contributed by atoms with Crippen LogP contribution in [0.15, 0.2) is 42.2 Å². The predicted octanol–water partition coefficient (Wildman–Crippen LogP) is 4.17. The zero-order valence-electron chi connectivity index (χ0n) is 12.3. The van der Waals surface area contributed by atoms with E-state index in [2.05, 4.69) is 0 Å². The number of carbonyl (C=O) groups excluding carboxylic acids is 1. The number of hydrogen-bond donors (Lipinski definition) is 0. The van der Waals surface area contributed by atoms with Crippen LogP contribution in [0, 0.1) is 18.3 Å². The van der Waals surface area contributed by atoms with Crippen LogP contribution in [0.3, 0.4) is 0 Å². The summed E-state index contributed by atoms with van der Waals surface area (Å²) < 4.78 is 10.9. The molecular weight excluding hydrogens is 314 g/mol. The lowest BCUT2D eigenvalue weighted by Crippen LogP contribution is -2.00. The van der Waals surface area contributed by atoms with Gasteiger partial charge in [0.05, 0.1) is 5.56 Å². The van der Waals surface area contributed by atoms with Crippen molar-refractivity contribution >= 4 is 23.5 Å². The number of halogens is 1. The summed E-state index contributed by atoms with van der Waals surface area (Å²) in [6.45, 7) is 1.75. The van der Waals surface area contributed by atoms with Crippen molar-refractivity contribution in [2.45, 2.75) is 6.92 Å². The Morgan fingerprint density at radius 3 is 2.74 bits per heavy atom. The Morgan fingerprint density at radius 1 is 1.30 bits per heavy atom. The summed E-state index contributed by atoms with van der Waals surface area (Å²) in [6, 6.07) is 12.4. The largest absolute Gasteiger partial charge is 0.479 e. The zero-order chi connectivity index (χ0) is 16.4. The number of benzene rings is 2. The summed E-state index contributed by atoms with van der Waals surface area (Å²) in [6.07, 6.45) is 1.67. The average molecular weight is 326 g/mol. The van der Waals surface area contributed by atoms with E-state index in [1.54, 1.807) is 30.3 Å². The number of rotatable bonds is 3. The molecule has 0 radical (unpaired) electrons. The number of aryl methyl sites for hydroxylation is 1. The van der Waals surface area contributed by atoms with Gasteiger partial charge >= 0.3 is 0 Å². The van der Waals surface area contributed by atoms with Gasteiger partial charge in [-0.15, -0.1) is 0 Å². The van der Waals surface area contributed by atoms with E-state index in [0.29, 0.717) is 22.1 Å². The number of nitriles is 1. The maximum absolute atomic E-state index is 12.5. The summed E-state index contributed by atoms with van der Waals surface area (Å²) >= 11 is 5.85. The molecule has 114 valence electrons. The summed E-state index contributed by atoms with van der Waals surface area (Å²) in [5.41, 5.74) is 2.10. The molecule has 0 atom stereocenters. The van der Waals surface area contributed by atoms with Gasteiger partial charge in [-0.1, -0.05) is 23.7 Å². The molecule has 0 unspecified atom stereocenters. The quantitative estimate of drug-likeness (QED) is 0.795. The first kappa shape index (κ1) is 15.1. The van der Waals surface area contributed by atoms with E-state index in [0.717, 1.165) is 11.1 Å². The van der Waals surface area contributed by atoms with Crippen molar-refractivity contribution in [1.29, 1.82) is 5.26 Å². The van der Waals surface area contributed by atoms with Crippen molar-refractivity contribution in [2.24, 2.45) is 0 Å². The van der Waals surface area contributed by atoms with Gasteiger partial charge in [0.15, 0.2) is 12.4 Å². The Kier molecular flexibility index (Phi) is 4.05. The van der Waals surface area contributed by atoms with E-state index >= 15 is 0 Å². The SMILES string of the molecule is Cc1cc(OCC#N)cc2c1C(=O)/C(=C/c1ccc(Cl)cc1)O2. The van der Waals surface area contributed by atoms with Gasteiger partial charge < -0.3 is 9.47 Å².